The number of esters is 2. The molecule has 2 aliphatic heterocycles. The van der Waals surface area contributed by atoms with Crippen LogP contribution in [0.2, 0.25) is 0 Å². The lowest BCUT2D eigenvalue weighted by atomic mass is 9.83. The van der Waals surface area contributed by atoms with Gasteiger partial charge in [0.1, 0.15) is 0 Å². The van der Waals surface area contributed by atoms with E-state index in [1.54, 1.807) is 18.9 Å². The molecular formula is C19H25NO7. The number of hydrogen-bond donors (Lipinski definition) is 0. The smallest absolute Gasteiger partial charge is 0.352 e. The molecule has 0 bridgehead atoms. The molecule has 148 valence electrons. The molecule has 1 aromatic carbocycles. The Morgan fingerprint density at radius 2 is 1.78 bits per heavy atom. The fourth-order valence-corrected chi connectivity index (χ4v) is 3.60. The first-order valence-electron chi connectivity index (χ1n) is 8.79. The molecule has 0 amide bonds. The maximum Gasteiger partial charge on any atom is 0.352 e. The van der Waals surface area contributed by atoms with Crippen molar-refractivity contribution in [2.45, 2.75) is 37.9 Å². The maximum atomic E-state index is 12.7. The van der Waals surface area contributed by atoms with Crippen LogP contribution < -0.4 is 0 Å². The van der Waals surface area contributed by atoms with Crippen molar-refractivity contribution in [2.75, 3.05) is 27.4 Å². The van der Waals surface area contributed by atoms with Gasteiger partial charge in [-0.1, -0.05) is 30.3 Å². The monoisotopic (exact) mass is 379 g/mol. The molecule has 2 fully saturated rings. The number of carbonyl (C=O) groups excluding carboxylic acids is 2. The third kappa shape index (κ3) is 3.70. The summed E-state index contributed by atoms with van der Waals surface area (Å²) < 4.78 is 21.4. The zero-order valence-electron chi connectivity index (χ0n) is 16.0. The summed E-state index contributed by atoms with van der Waals surface area (Å²) in [6, 6.07) is 9.61. The third-order valence-electron chi connectivity index (χ3n) is 4.85. The van der Waals surface area contributed by atoms with Crippen LogP contribution in [0.4, 0.5) is 0 Å². The van der Waals surface area contributed by atoms with Crippen molar-refractivity contribution in [1.82, 2.24) is 5.06 Å². The number of hydroxylamine groups is 2. The predicted octanol–water partition coefficient (Wildman–Crippen LogP) is 1.29. The van der Waals surface area contributed by atoms with Crippen molar-refractivity contribution in [3.8, 4) is 0 Å². The molecule has 0 N–H and O–H groups in total. The highest BCUT2D eigenvalue weighted by atomic mass is 16.8. The summed E-state index contributed by atoms with van der Waals surface area (Å²) in [6.45, 7) is 4.47. The Morgan fingerprint density at radius 1 is 1.15 bits per heavy atom. The summed E-state index contributed by atoms with van der Waals surface area (Å²) in [5, 5.41) is 1.57. The summed E-state index contributed by atoms with van der Waals surface area (Å²) in [5.74, 6) is -3.09. The third-order valence-corrected chi connectivity index (χ3v) is 4.85. The van der Waals surface area contributed by atoms with Crippen molar-refractivity contribution < 1.29 is 33.4 Å². The van der Waals surface area contributed by atoms with Crippen LogP contribution >= 0.6 is 0 Å². The average Bonchev–Trinajstić information content (AvgIpc) is 3.21. The van der Waals surface area contributed by atoms with Crippen LogP contribution in [0.3, 0.4) is 0 Å². The van der Waals surface area contributed by atoms with Gasteiger partial charge in [-0.05, 0) is 19.4 Å². The molecule has 0 radical (unpaired) electrons. The molecule has 1 aromatic rings. The number of methoxy groups -OCH3 is 2. The summed E-state index contributed by atoms with van der Waals surface area (Å²) >= 11 is 0. The van der Waals surface area contributed by atoms with E-state index >= 15 is 0 Å². The van der Waals surface area contributed by atoms with Gasteiger partial charge in [-0.2, -0.15) is 5.06 Å². The lowest BCUT2D eigenvalue weighted by molar-refractivity contribution is -0.231. The molecule has 0 aromatic heterocycles. The summed E-state index contributed by atoms with van der Waals surface area (Å²) in [6.07, 6.45) is -0.529. The molecule has 3 rings (SSSR count). The van der Waals surface area contributed by atoms with Crippen LogP contribution in [0.25, 0.3) is 0 Å². The van der Waals surface area contributed by atoms with Crippen molar-refractivity contribution in [3.05, 3.63) is 35.9 Å². The van der Waals surface area contributed by atoms with E-state index in [-0.39, 0.29) is 13.2 Å². The molecule has 8 nitrogen and oxygen atoms in total. The molecule has 0 spiro atoms. The highest BCUT2D eigenvalue weighted by Crippen LogP contribution is 2.41. The van der Waals surface area contributed by atoms with Gasteiger partial charge in [-0.25, -0.2) is 9.59 Å². The fraction of sp³-hybridized carbons (Fsp3) is 0.579. The van der Waals surface area contributed by atoms with Gasteiger partial charge in [-0.15, -0.1) is 0 Å². The van der Waals surface area contributed by atoms with Crippen LogP contribution in [0.1, 0.15) is 19.4 Å². The van der Waals surface area contributed by atoms with E-state index in [1.165, 1.54) is 14.2 Å². The van der Waals surface area contributed by atoms with Gasteiger partial charge in [0, 0.05) is 13.1 Å². The predicted molar refractivity (Wildman–Crippen MR) is 93.1 cm³/mol. The van der Waals surface area contributed by atoms with Gasteiger partial charge >= 0.3 is 11.9 Å². The SMILES string of the molecule is COC(=O)C1(C(=O)OC)ON(Cc2ccccc2)C[C@H]1[C@H]1COC(C)(C)O1. The maximum absolute atomic E-state index is 12.7. The normalized spacial score (nSPS) is 26.7. The highest BCUT2D eigenvalue weighted by Gasteiger charge is 2.65. The number of hydrogen-bond acceptors (Lipinski definition) is 8. The van der Waals surface area contributed by atoms with Gasteiger partial charge in [-0.3, -0.25) is 4.84 Å². The number of carbonyl (C=O) groups is 2. The second-order valence-corrected chi connectivity index (χ2v) is 7.09. The topological polar surface area (TPSA) is 83.5 Å². The first-order chi connectivity index (χ1) is 12.8. The molecular weight excluding hydrogens is 354 g/mol. The minimum absolute atomic E-state index is 0.232. The van der Waals surface area contributed by atoms with Crippen LogP contribution in [0.5, 0.6) is 0 Å². The average molecular weight is 379 g/mol. The first-order valence-corrected chi connectivity index (χ1v) is 8.79. The summed E-state index contributed by atoms with van der Waals surface area (Å²) in [5.41, 5.74) is -0.960. The van der Waals surface area contributed by atoms with E-state index in [1.807, 2.05) is 30.3 Å². The molecule has 0 aliphatic carbocycles. The number of benzene rings is 1. The largest absolute Gasteiger partial charge is 0.466 e. The van der Waals surface area contributed by atoms with Crippen LogP contribution in [-0.2, 0) is 39.9 Å². The zero-order chi connectivity index (χ0) is 19.7. The van der Waals surface area contributed by atoms with Gasteiger partial charge in [0.15, 0.2) is 5.79 Å². The minimum atomic E-state index is -1.94. The molecule has 2 aliphatic rings. The van der Waals surface area contributed by atoms with Crippen molar-refractivity contribution in [1.29, 1.82) is 0 Å². The Kier molecular flexibility index (Phi) is 5.53. The number of ether oxygens (including phenoxy) is 4. The molecule has 0 unspecified atom stereocenters. The number of rotatable bonds is 5. The molecule has 0 saturated carbocycles. The molecule has 27 heavy (non-hydrogen) atoms. The summed E-state index contributed by atoms with van der Waals surface area (Å²) in [7, 11) is 2.42. The van der Waals surface area contributed by atoms with E-state index in [9.17, 15) is 9.59 Å². The Bertz CT molecular complexity index is 675. The standard InChI is InChI=1S/C19H25NO7/c1-18(2)25-12-15(26-18)14-11-20(10-13-8-6-5-7-9-13)27-19(14,16(21)23-3)17(22)24-4/h5-9,14-15H,10-12H2,1-4H3/t14-,15+/m0/s1. The molecule has 2 heterocycles. The first kappa shape index (κ1) is 19.8. The van der Waals surface area contributed by atoms with Gasteiger partial charge in [0.2, 0.25) is 0 Å². The Morgan fingerprint density at radius 3 is 2.30 bits per heavy atom. The van der Waals surface area contributed by atoms with E-state index in [2.05, 4.69) is 0 Å². The van der Waals surface area contributed by atoms with Crippen molar-refractivity contribution >= 4 is 11.9 Å². The van der Waals surface area contributed by atoms with Gasteiger partial charge in [0.05, 0.1) is 32.8 Å². The van der Waals surface area contributed by atoms with Crippen LogP contribution in [0, 0.1) is 5.92 Å². The van der Waals surface area contributed by atoms with Crippen LogP contribution in [-0.4, -0.2) is 61.9 Å². The Hall–Kier alpha value is -2.00. The zero-order valence-corrected chi connectivity index (χ0v) is 16.0. The second-order valence-electron chi connectivity index (χ2n) is 7.09. The fourth-order valence-electron chi connectivity index (χ4n) is 3.60. The summed E-state index contributed by atoms with van der Waals surface area (Å²) in [4.78, 5) is 31.3. The highest BCUT2D eigenvalue weighted by molar-refractivity contribution is 6.04. The van der Waals surface area contributed by atoms with Crippen molar-refractivity contribution in [3.63, 3.8) is 0 Å². The van der Waals surface area contributed by atoms with E-state index in [0.717, 1.165) is 5.56 Å². The van der Waals surface area contributed by atoms with E-state index in [4.69, 9.17) is 23.8 Å². The lowest BCUT2D eigenvalue weighted by Crippen LogP contribution is -2.57. The molecule has 2 atom stereocenters. The van der Waals surface area contributed by atoms with E-state index in [0.29, 0.717) is 6.54 Å². The minimum Gasteiger partial charge on any atom is -0.466 e. The van der Waals surface area contributed by atoms with Gasteiger partial charge < -0.3 is 18.9 Å². The molecule has 2 saturated heterocycles. The van der Waals surface area contributed by atoms with Crippen molar-refractivity contribution in [2.24, 2.45) is 5.92 Å². The van der Waals surface area contributed by atoms with Gasteiger partial charge in [0.25, 0.3) is 5.60 Å². The second kappa shape index (κ2) is 7.55. The molecule has 8 heteroatoms. The lowest BCUT2D eigenvalue weighted by Gasteiger charge is -2.30. The Labute approximate surface area is 158 Å². The van der Waals surface area contributed by atoms with Crippen LogP contribution in [0.15, 0.2) is 30.3 Å². The quantitative estimate of drug-likeness (QED) is 0.559. The van der Waals surface area contributed by atoms with E-state index < -0.39 is 35.3 Å². The number of nitrogens with zero attached hydrogens (tertiary/aromatic N) is 1. The Balaban J connectivity index is 1.93.